The van der Waals surface area contributed by atoms with E-state index >= 15 is 0 Å². The summed E-state index contributed by atoms with van der Waals surface area (Å²) in [4.78, 5) is 16.6. The molecule has 5 nitrogen and oxygen atoms in total. The van der Waals surface area contributed by atoms with E-state index in [1.54, 1.807) is 18.2 Å². The van der Waals surface area contributed by atoms with Crippen LogP contribution in [0.3, 0.4) is 0 Å². The number of benzene rings is 2. The Balaban J connectivity index is 1.77. The molecule has 0 aliphatic rings. The zero-order valence-corrected chi connectivity index (χ0v) is 15.1. The Morgan fingerprint density at radius 2 is 1.96 bits per heavy atom. The minimum Gasteiger partial charge on any atom is -0.495 e. The number of methoxy groups -OCH3 is 2. The molecule has 1 amide bonds. The van der Waals surface area contributed by atoms with Gasteiger partial charge in [0.25, 0.3) is 0 Å². The molecule has 0 saturated heterocycles. The van der Waals surface area contributed by atoms with E-state index in [1.165, 1.54) is 31.6 Å². The molecule has 3 rings (SSSR count). The van der Waals surface area contributed by atoms with Crippen molar-refractivity contribution in [3.05, 3.63) is 52.5 Å². The molecule has 1 N–H and O–H groups in total. The number of rotatable bonds is 5. The Morgan fingerprint density at radius 3 is 2.68 bits per heavy atom. The third kappa shape index (κ3) is 3.92. The smallest absolute Gasteiger partial charge is 0.248 e. The Morgan fingerprint density at radius 1 is 1.20 bits per heavy atom. The highest BCUT2D eigenvalue weighted by atomic mass is 35.5. The fourth-order valence-electron chi connectivity index (χ4n) is 2.24. The normalized spacial score (nSPS) is 11.0. The molecule has 0 fully saturated rings. The van der Waals surface area contributed by atoms with E-state index in [2.05, 4.69) is 10.3 Å². The molecule has 2 aromatic carbocycles. The van der Waals surface area contributed by atoms with Gasteiger partial charge in [-0.2, -0.15) is 0 Å². The van der Waals surface area contributed by atoms with Crippen molar-refractivity contribution in [2.24, 2.45) is 0 Å². The number of anilines is 1. The minimum absolute atomic E-state index is 0.307. The summed E-state index contributed by atoms with van der Waals surface area (Å²) in [6.45, 7) is 0. The summed E-state index contributed by atoms with van der Waals surface area (Å²) in [5, 5.41) is 3.89. The van der Waals surface area contributed by atoms with Gasteiger partial charge < -0.3 is 14.8 Å². The first-order valence-electron chi connectivity index (χ1n) is 7.37. The number of carbonyl (C=O) groups is 1. The van der Waals surface area contributed by atoms with Gasteiger partial charge >= 0.3 is 0 Å². The van der Waals surface area contributed by atoms with E-state index in [-0.39, 0.29) is 5.91 Å². The number of hydrogen-bond donors (Lipinski definition) is 1. The second kappa shape index (κ2) is 7.55. The molecule has 0 saturated carbocycles. The molecule has 0 unspecified atom stereocenters. The number of aromatic nitrogens is 1. The van der Waals surface area contributed by atoms with Crippen LogP contribution in [0.15, 0.2) is 42.5 Å². The molecule has 0 aliphatic heterocycles. The van der Waals surface area contributed by atoms with Crippen LogP contribution in [0.1, 0.15) is 5.01 Å². The highest BCUT2D eigenvalue weighted by Gasteiger charge is 2.11. The number of nitrogens with one attached hydrogen (secondary N) is 1. The van der Waals surface area contributed by atoms with Gasteiger partial charge in [-0.25, -0.2) is 4.98 Å². The first-order chi connectivity index (χ1) is 12.1. The van der Waals surface area contributed by atoms with Crippen LogP contribution >= 0.6 is 22.9 Å². The summed E-state index contributed by atoms with van der Waals surface area (Å²) in [5.74, 6) is 0.628. The van der Waals surface area contributed by atoms with Crippen molar-refractivity contribution in [1.82, 2.24) is 4.98 Å². The standard InChI is InChI=1S/C18H15ClN2O3S/c1-23-14-10-15(24-2)13(9-11(14)19)20-17(22)7-8-18-21-12-5-3-4-6-16(12)25-18/h3-10H,1-2H3,(H,20,22). The summed E-state index contributed by atoms with van der Waals surface area (Å²) < 4.78 is 11.5. The maximum Gasteiger partial charge on any atom is 0.248 e. The Hall–Kier alpha value is -2.57. The first kappa shape index (κ1) is 17.3. The molecular weight excluding hydrogens is 360 g/mol. The van der Waals surface area contributed by atoms with Crippen LogP contribution in [0.5, 0.6) is 11.5 Å². The average molecular weight is 375 g/mol. The monoisotopic (exact) mass is 374 g/mol. The van der Waals surface area contributed by atoms with E-state index in [1.807, 2.05) is 24.3 Å². The maximum atomic E-state index is 12.2. The summed E-state index contributed by atoms with van der Waals surface area (Å²) in [6, 6.07) is 11.0. The van der Waals surface area contributed by atoms with Crippen LogP contribution in [0.2, 0.25) is 5.02 Å². The topological polar surface area (TPSA) is 60.5 Å². The van der Waals surface area contributed by atoms with Gasteiger partial charge in [-0.05, 0) is 24.3 Å². The predicted octanol–water partition coefficient (Wildman–Crippen LogP) is 4.62. The Kier molecular flexibility index (Phi) is 5.21. The van der Waals surface area contributed by atoms with Gasteiger partial charge in [-0.3, -0.25) is 4.79 Å². The number of fused-ring (bicyclic) bond motifs is 1. The van der Waals surface area contributed by atoms with E-state index in [9.17, 15) is 4.79 Å². The summed E-state index contributed by atoms with van der Waals surface area (Å²) in [5.41, 5.74) is 1.38. The number of nitrogens with zero attached hydrogens (tertiary/aromatic N) is 1. The van der Waals surface area contributed by atoms with Crippen LogP contribution in [0, 0.1) is 0 Å². The summed E-state index contributed by atoms with van der Waals surface area (Å²) in [6.07, 6.45) is 3.10. The van der Waals surface area contributed by atoms with Crippen molar-refractivity contribution in [3.8, 4) is 11.5 Å². The van der Waals surface area contributed by atoms with E-state index in [0.29, 0.717) is 22.2 Å². The number of ether oxygens (including phenoxy) is 2. The highest BCUT2D eigenvalue weighted by Crippen LogP contribution is 2.35. The highest BCUT2D eigenvalue weighted by molar-refractivity contribution is 7.19. The van der Waals surface area contributed by atoms with Crippen LogP contribution < -0.4 is 14.8 Å². The van der Waals surface area contributed by atoms with Crippen molar-refractivity contribution in [2.75, 3.05) is 19.5 Å². The van der Waals surface area contributed by atoms with Gasteiger partial charge in [0.15, 0.2) is 0 Å². The lowest BCUT2D eigenvalue weighted by Gasteiger charge is -2.12. The van der Waals surface area contributed by atoms with Crippen molar-refractivity contribution >= 4 is 50.8 Å². The fraction of sp³-hybridized carbons (Fsp3) is 0.111. The van der Waals surface area contributed by atoms with Gasteiger partial charge in [-0.1, -0.05) is 23.7 Å². The Bertz CT molecular complexity index is 920. The number of carbonyl (C=O) groups excluding carboxylic acids is 1. The molecular formula is C18H15ClN2O3S. The van der Waals surface area contributed by atoms with Gasteiger partial charge in [-0.15, -0.1) is 11.3 Å². The predicted molar refractivity (Wildman–Crippen MR) is 102 cm³/mol. The molecule has 25 heavy (non-hydrogen) atoms. The molecule has 0 spiro atoms. The lowest BCUT2D eigenvalue weighted by Crippen LogP contribution is -2.09. The number of para-hydroxylation sites is 1. The van der Waals surface area contributed by atoms with Crippen LogP contribution in [-0.4, -0.2) is 25.1 Å². The zero-order valence-electron chi connectivity index (χ0n) is 13.6. The van der Waals surface area contributed by atoms with Crippen LogP contribution in [0.25, 0.3) is 16.3 Å². The van der Waals surface area contributed by atoms with Crippen molar-refractivity contribution in [1.29, 1.82) is 0 Å². The van der Waals surface area contributed by atoms with Gasteiger partial charge in [0, 0.05) is 12.1 Å². The van der Waals surface area contributed by atoms with Crippen LogP contribution in [0.4, 0.5) is 5.69 Å². The van der Waals surface area contributed by atoms with Crippen molar-refractivity contribution in [2.45, 2.75) is 0 Å². The van der Waals surface area contributed by atoms with Gasteiger partial charge in [0.1, 0.15) is 16.5 Å². The molecule has 128 valence electrons. The van der Waals surface area contributed by atoms with Crippen molar-refractivity contribution in [3.63, 3.8) is 0 Å². The van der Waals surface area contributed by atoms with Crippen LogP contribution in [-0.2, 0) is 4.79 Å². The quantitative estimate of drug-likeness (QED) is 0.662. The van der Waals surface area contributed by atoms with Crippen molar-refractivity contribution < 1.29 is 14.3 Å². The van der Waals surface area contributed by atoms with Gasteiger partial charge in [0.2, 0.25) is 5.91 Å². The second-order valence-electron chi connectivity index (χ2n) is 5.03. The third-order valence-electron chi connectivity index (χ3n) is 3.42. The molecule has 1 aromatic heterocycles. The second-order valence-corrected chi connectivity index (χ2v) is 6.50. The first-order valence-corrected chi connectivity index (χ1v) is 8.56. The third-order valence-corrected chi connectivity index (χ3v) is 4.72. The molecule has 0 atom stereocenters. The number of halogens is 1. The summed E-state index contributed by atoms with van der Waals surface area (Å²) >= 11 is 7.62. The molecule has 7 heteroatoms. The van der Waals surface area contributed by atoms with E-state index in [0.717, 1.165) is 15.2 Å². The molecule has 0 aliphatic carbocycles. The fourth-order valence-corrected chi connectivity index (χ4v) is 3.35. The summed E-state index contributed by atoms with van der Waals surface area (Å²) in [7, 11) is 3.02. The number of thiazole rings is 1. The lowest BCUT2D eigenvalue weighted by molar-refractivity contribution is -0.111. The maximum absolute atomic E-state index is 12.2. The molecule has 0 bridgehead atoms. The lowest BCUT2D eigenvalue weighted by atomic mass is 10.2. The minimum atomic E-state index is -0.307. The molecule has 1 heterocycles. The zero-order chi connectivity index (χ0) is 17.8. The largest absolute Gasteiger partial charge is 0.495 e. The number of amides is 1. The van der Waals surface area contributed by atoms with E-state index < -0.39 is 0 Å². The Labute approximate surface area is 153 Å². The number of hydrogen-bond acceptors (Lipinski definition) is 5. The van der Waals surface area contributed by atoms with Gasteiger partial charge in [0.05, 0.1) is 35.1 Å². The average Bonchev–Trinajstić information content (AvgIpc) is 3.03. The molecule has 3 aromatic rings. The molecule has 0 radical (unpaired) electrons. The SMILES string of the molecule is COc1cc(OC)c(NC(=O)C=Cc2nc3ccccc3s2)cc1Cl. The van der Waals surface area contributed by atoms with E-state index in [4.69, 9.17) is 21.1 Å².